The summed E-state index contributed by atoms with van der Waals surface area (Å²) in [5.41, 5.74) is 1.68. The van der Waals surface area contributed by atoms with Gasteiger partial charge in [0.25, 0.3) is 0 Å². The summed E-state index contributed by atoms with van der Waals surface area (Å²) in [6.45, 7) is 13.1. The van der Waals surface area contributed by atoms with Crippen molar-refractivity contribution in [3.63, 3.8) is 0 Å². The largest absolute Gasteiger partial charge is 0.296 e. The molecule has 4 rings (SSSR count). The molecule has 0 radical (unpaired) electrons. The summed E-state index contributed by atoms with van der Waals surface area (Å²) in [5, 5.41) is 0. The Hall–Kier alpha value is -0.900. The van der Waals surface area contributed by atoms with Gasteiger partial charge in [-0.3, -0.25) is 9.59 Å². The molecule has 0 bridgehead atoms. The van der Waals surface area contributed by atoms with Gasteiger partial charge >= 0.3 is 0 Å². The molecular formula is C23H31FO2S. The minimum Gasteiger partial charge on any atom is -0.296 e. The first-order valence-corrected chi connectivity index (χ1v) is 11.4. The van der Waals surface area contributed by atoms with Gasteiger partial charge in [-0.15, -0.1) is 11.8 Å². The number of halogens is 1. The number of hydrogen-bond acceptors (Lipinski definition) is 3. The lowest BCUT2D eigenvalue weighted by Gasteiger charge is -2.60. The zero-order chi connectivity index (χ0) is 19.7. The minimum absolute atomic E-state index is 0.0710. The molecule has 7 atom stereocenters. The Morgan fingerprint density at radius 3 is 2.56 bits per heavy atom. The fourth-order valence-corrected chi connectivity index (χ4v) is 8.10. The monoisotopic (exact) mass is 390 g/mol. The highest BCUT2D eigenvalue weighted by atomic mass is 32.2. The minimum atomic E-state index is -1.30. The molecular weight excluding hydrogens is 359 g/mol. The molecule has 0 heterocycles. The maximum Gasteiger partial charge on any atom is 0.173 e. The van der Waals surface area contributed by atoms with E-state index in [9.17, 15) is 14.0 Å². The third-order valence-corrected chi connectivity index (χ3v) is 9.52. The Morgan fingerprint density at radius 2 is 1.89 bits per heavy atom. The molecule has 4 heteroatoms. The van der Waals surface area contributed by atoms with E-state index in [1.165, 1.54) is 5.57 Å². The highest BCUT2D eigenvalue weighted by molar-refractivity contribution is 8.04. The Bertz CT molecular complexity index is 755. The number of fused-ring (bicyclic) bond motifs is 5. The highest BCUT2D eigenvalue weighted by Gasteiger charge is 2.64. The summed E-state index contributed by atoms with van der Waals surface area (Å²) >= 11 is 1.66. The number of ketones is 2. The molecule has 4 aliphatic rings. The van der Waals surface area contributed by atoms with Gasteiger partial charge in [-0.1, -0.05) is 34.3 Å². The van der Waals surface area contributed by atoms with Crippen molar-refractivity contribution in [2.75, 3.05) is 5.75 Å². The van der Waals surface area contributed by atoms with Crippen LogP contribution in [0.2, 0.25) is 0 Å². The van der Waals surface area contributed by atoms with E-state index in [-0.39, 0.29) is 34.7 Å². The van der Waals surface area contributed by atoms with Gasteiger partial charge in [-0.2, -0.15) is 0 Å². The van der Waals surface area contributed by atoms with Crippen LogP contribution in [0, 0.1) is 34.5 Å². The maximum absolute atomic E-state index is 14.5. The fraction of sp³-hybridized carbons (Fsp3) is 0.739. The molecule has 0 saturated heterocycles. The molecule has 27 heavy (non-hydrogen) atoms. The van der Waals surface area contributed by atoms with Gasteiger partial charge in [0.1, 0.15) is 0 Å². The van der Waals surface area contributed by atoms with Gasteiger partial charge in [-0.05, 0) is 71.7 Å². The molecule has 0 aromatic heterocycles. The molecule has 0 aromatic carbocycles. The summed E-state index contributed by atoms with van der Waals surface area (Å²) in [4.78, 5) is 26.2. The third kappa shape index (κ3) is 2.44. The van der Waals surface area contributed by atoms with Crippen molar-refractivity contribution in [2.24, 2.45) is 34.5 Å². The Labute approximate surface area is 166 Å². The maximum atomic E-state index is 14.5. The van der Waals surface area contributed by atoms with E-state index < -0.39 is 11.6 Å². The zero-order valence-corrected chi connectivity index (χ0v) is 17.8. The van der Waals surface area contributed by atoms with Crippen LogP contribution in [0.15, 0.2) is 22.6 Å². The quantitative estimate of drug-likeness (QED) is 0.622. The Balaban J connectivity index is 1.83. The molecule has 148 valence electrons. The third-order valence-electron chi connectivity index (χ3n) is 8.51. The van der Waals surface area contributed by atoms with Crippen LogP contribution < -0.4 is 0 Å². The van der Waals surface area contributed by atoms with Crippen molar-refractivity contribution < 1.29 is 14.0 Å². The van der Waals surface area contributed by atoms with Gasteiger partial charge in [0.2, 0.25) is 0 Å². The molecule has 3 saturated carbocycles. The zero-order valence-electron chi connectivity index (χ0n) is 16.9. The first-order chi connectivity index (χ1) is 12.7. The van der Waals surface area contributed by atoms with E-state index in [2.05, 4.69) is 27.4 Å². The molecule has 0 N–H and O–H groups in total. The molecule has 0 unspecified atom stereocenters. The second-order valence-electron chi connectivity index (χ2n) is 9.61. The fourth-order valence-electron chi connectivity index (χ4n) is 7.04. The van der Waals surface area contributed by atoms with Crippen LogP contribution in [0.25, 0.3) is 0 Å². The van der Waals surface area contributed by atoms with Gasteiger partial charge < -0.3 is 0 Å². The van der Waals surface area contributed by atoms with E-state index in [4.69, 9.17) is 0 Å². The van der Waals surface area contributed by atoms with E-state index in [0.29, 0.717) is 18.8 Å². The summed E-state index contributed by atoms with van der Waals surface area (Å²) < 4.78 is 14.5. The number of carbonyl (C=O) groups is 2. The van der Waals surface area contributed by atoms with Crippen molar-refractivity contribution >= 4 is 23.3 Å². The normalized spacial score (nSPS) is 47.0. The van der Waals surface area contributed by atoms with Crippen molar-refractivity contribution in [2.45, 2.75) is 66.0 Å². The molecule has 0 aliphatic heterocycles. The predicted molar refractivity (Wildman–Crippen MR) is 108 cm³/mol. The van der Waals surface area contributed by atoms with Crippen molar-refractivity contribution in [3.8, 4) is 0 Å². The van der Waals surface area contributed by atoms with Gasteiger partial charge in [0.15, 0.2) is 17.7 Å². The molecule has 0 spiro atoms. The first-order valence-electron chi connectivity index (χ1n) is 10.4. The summed E-state index contributed by atoms with van der Waals surface area (Å²) in [7, 11) is 0. The van der Waals surface area contributed by atoms with Crippen LogP contribution >= 0.6 is 11.8 Å². The molecule has 2 nitrogen and oxygen atoms in total. The number of hydrogen-bond donors (Lipinski definition) is 0. The second kappa shape index (κ2) is 6.30. The molecule has 4 aliphatic carbocycles. The van der Waals surface area contributed by atoms with E-state index >= 15 is 0 Å². The van der Waals surface area contributed by atoms with Crippen molar-refractivity contribution in [3.05, 3.63) is 22.6 Å². The number of carbonyl (C=O) groups excluding carboxylic acids is 2. The number of rotatable bonds is 2. The standard InChI is InChI=1S/C23H31FO2S/c1-6-27-20-17(25)8-10-22(4)14-7-9-23(5)15(11-16(24)21(23)26)18(14)12(2)13(3)19(20)22/h12,14-16,18H,3,6-11H2,1-2,4-5H3/t12-,14+,15+,16+,18-,22-,23+/m1/s1. The number of alkyl halides is 1. The van der Waals surface area contributed by atoms with Crippen LogP contribution in [-0.4, -0.2) is 23.5 Å². The van der Waals surface area contributed by atoms with Crippen LogP contribution in [0.4, 0.5) is 4.39 Å². The van der Waals surface area contributed by atoms with Crippen molar-refractivity contribution in [1.29, 1.82) is 0 Å². The molecule has 0 aromatic rings. The lowest BCUT2D eigenvalue weighted by atomic mass is 9.44. The molecule has 3 fully saturated rings. The average molecular weight is 391 g/mol. The van der Waals surface area contributed by atoms with E-state index in [1.807, 2.05) is 6.92 Å². The molecule has 0 amide bonds. The van der Waals surface area contributed by atoms with Crippen LogP contribution in [0.1, 0.15) is 59.8 Å². The average Bonchev–Trinajstić information content (AvgIpc) is 2.86. The summed E-state index contributed by atoms with van der Waals surface area (Å²) in [6, 6.07) is 0. The number of Topliss-reactive ketones (excluding diaryl/α,β-unsaturated/α-hetero) is 2. The second-order valence-corrected chi connectivity index (χ2v) is 10.9. The predicted octanol–water partition coefficient (Wildman–Crippen LogP) is 5.53. The summed E-state index contributed by atoms with van der Waals surface area (Å²) in [5.74, 6) is 1.97. The Kier molecular flexibility index (Phi) is 4.53. The van der Waals surface area contributed by atoms with E-state index in [1.54, 1.807) is 11.8 Å². The lowest BCUT2D eigenvalue weighted by Crippen LogP contribution is -2.54. The summed E-state index contributed by atoms with van der Waals surface area (Å²) in [6.07, 6.45) is 2.26. The van der Waals surface area contributed by atoms with Gasteiger partial charge in [0.05, 0.1) is 4.91 Å². The van der Waals surface area contributed by atoms with E-state index in [0.717, 1.165) is 35.5 Å². The number of thioether (sulfide) groups is 1. The first kappa shape index (κ1) is 19.4. The van der Waals surface area contributed by atoms with Gasteiger partial charge in [0, 0.05) is 11.8 Å². The highest BCUT2D eigenvalue weighted by Crippen LogP contribution is 2.68. The topological polar surface area (TPSA) is 34.1 Å². The van der Waals surface area contributed by atoms with Gasteiger partial charge in [-0.25, -0.2) is 4.39 Å². The SMILES string of the molecule is C=C1C2=C(SCC)C(=O)CC[C@]2(C)[C@H]2CC[C@]3(C)C(=O)[C@@H](F)C[C@H]3[C@@H]2[C@@H]1C. The lowest BCUT2D eigenvalue weighted by molar-refractivity contribution is -0.135. The smallest absolute Gasteiger partial charge is 0.173 e. The Morgan fingerprint density at radius 1 is 1.19 bits per heavy atom. The van der Waals surface area contributed by atoms with Crippen LogP contribution in [-0.2, 0) is 9.59 Å². The van der Waals surface area contributed by atoms with Crippen LogP contribution in [0.5, 0.6) is 0 Å². The number of allylic oxidation sites excluding steroid dienone is 2. The van der Waals surface area contributed by atoms with Crippen molar-refractivity contribution in [1.82, 2.24) is 0 Å². The van der Waals surface area contributed by atoms with Crippen LogP contribution in [0.3, 0.4) is 0 Å².